The second kappa shape index (κ2) is 6.13. The number of nitrogens with one attached hydrogen (secondary N) is 1. The Labute approximate surface area is 153 Å². The molecule has 1 heterocycles. The lowest BCUT2D eigenvalue weighted by molar-refractivity contribution is -0.120. The molecule has 1 aliphatic heterocycles. The lowest BCUT2D eigenvalue weighted by Gasteiger charge is -2.23. The van der Waals surface area contributed by atoms with Gasteiger partial charge in [-0.3, -0.25) is 9.59 Å². The molecule has 26 heavy (non-hydrogen) atoms. The monoisotopic (exact) mass is 346 g/mol. The van der Waals surface area contributed by atoms with Gasteiger partial charge in [-0.1, -0.05) is 24.3 Å². The van der Waals surface area contributed by atoms with Crippen LogP contribution in [-0.4, -0.2) is 11.8 Å². The number of hydrogen-bond acceptors (Lipinski definition) is 2. The predicted octanol–water partition coefficient (Wildman–Crippen LogP) is 3.81. The van der Waals surface area contributed by atoms with Gasteiger partial charge < -0.3 is 11.1 Å². The first-order chi connectivity index (χ1) is 12.5. The first kappa shape index (κ1) is 16.6. The van der Waals surface area contributed by atoms with E-state index < -0.39 is 11.3 Å². The Morgan fingerprint density at radius 2 is 2.08 bits per heavy atom. The fourth-order valence-corrected chi connectivity index (χ4v) is 4.04. The van der Waals surface area contributed by atoms with Crippen molar-refractivity contribution in [1.82, 2.24) is 0 Å². The molecule has 0 bridgehead atoms. The zero-order valence-electron chi connectivity index (χ0n) is 14.8. The highest BCUT2D eigenvalue weighted by Crippen LogP contribution is 2.42. The number of primary amides is 1. The average Bonchev–Trinajstić information content (AvgIpc) is 3.23. The minimum atomic E-state index is -0.666. The van der Waals surface area contributed by atoms with Crippen LogP contribution in [0.3, 0.4) is 0 Å². The predicted molar refractivity (Wildman–Crippen MR) is 103 cm³/mol. The van der Waals surface area contributed by atoms with Gasteiger partial charge in [-0.2, -0.15) is 0 Å². The zero-order valence-corrected chi connectivity index (χ0v) is 14.8. The minimum absolute atomic E-state index is 0.00507. The summed E-state index contributed by atoms with van der Waals surface area (Å²) in [6.45, 7) is 1.97. The SMILES string of the molecule is CC1(Cc2cccc(C(N)=O)c2)C(=O)Nc2ccc(C3=CCCC3)cc21. The number of fused-ring (bicyclic) bond motifs is 1. The highest BCUT2D eigenvalue weighted by Gasteiger charge is 2.42. The zero-order chi connectivity index (χ0) is 18.3. The molecule has 4 nitrogen and oxygen atoms in total. The van der Waals surface area contributed by atoms with E-state index in [1.807, 2.05) is 25.1 Å². The Balaban J connectivity index is 1.72. The van der Waals surface area contributed by atoms with E-state index in [0.717, 1.165) is 29.7 Å². The molecule has 2 amide bonds. The van der Waals surface area contributed by atoms with Crippen LogP contribution >= 0.6 is 0 Å². The van der Waals surface area contributed by atoms with Crippen LogP contribution in [0.4, 0.5) is 5.69 Å². The van der Waals surface area contributed by atoms with E-state index in [4.69, 9.17) is 5.73 Å². The fraction of sp³-hybridized carbons (Fsp3) is 0.273. The van der Waals surface area contributed by atoms with Crippen molar-refractivity contribution in [1.29, 1.82) is 0 Å². The Morgan fingerprint density at radius 1 is 1.23 bits per heavy atom. The normalized spacial score (nSPS) is 21.3. The van der Waals surface area contributed by atoms with Crippen molar-refractivity contribution in [2.75, 3.05) is 5.32 Å². The molecule has 0 spiro atoms. The van der Waals surface area contributed by atoms with Gasteiger partial charge in [-0.15, -0.1) is 0 Å². The molecule has 0 saturated heterocycles. The van der Waals surface area contributed by atoms with Crippen molar-refractivity contribution in [2.24, 2.45) is 5.73 Å². The van der Waals surface area contributed by atoms with Gasteiger partial charge in [0, 0.05) is 11.3 Å². The molecular weight excluding hydrogens is 324 g/mol. The number of allylic oxidation sites excluding steroid dienone is 2. The summed E-state index contributed by atoms with van der Waals surface area (Å²) < 4.78 is 0. The van der Waals surface area contributed by atoms with E-state index in [1.54, 1.807) is 12.1 Å². The smallest absolute Gasteiger partial charge is 0.248 e. The Morgan fingerprint density at radius 3 is 2.81 bits per heavy atom. The summed E-state index contributed by atoms with van der Waals surface area (Å²) in [6, 6.07) is 13.5. The van der Waals surface area contributed by atoms with E-state index in [0.29, 0.717) is 12.0 Å². The number of amides is 2. The maximum absolute atomic E-state index is 12.8. The van der Waals surface area contributed by atoms with Crippen LogP contribution in [-0.2, 0) is 16.6 Å². The quantitative estimate of drug-likeness (QED) is 0.884. The fourth-order valence-electron chi connectivity index (χ4n) is 4.04. The Bertz CT molecular complexity index is 945. The van der Waals surface area contributed by atoms with Gasteiger partial charge >= 0.3 is 0 Å². The van der Waals surface area contributed by atoms with Crippen LogP contribution in [0.2, 0.25) is 0 Å². The maximum Gasteiger partial charge on any atom is 0.248 e. The summed E-state index contributed by atoms with van der Waals surface area (Å²) in [5.41, 5.74) is 10.6. The average molecular weight is 346 g/mol. The number of carbonyl (C=O) groups is 2. The van der Waals surface area contributed by atoms with Crippen molar-refractivity contribution >= 4 is 23.1 Å². The number of benzene rings is 2. The number of rotatable bonds is 4. The second-order valence-corrected chi connectivity index (χ2v) is 7.41. The summed E-state index contributed by atoms with van der Waals surface area (Å²) >= 11 is 0. The van der Waals surface area contributed by atoms with Crippen LogP contribution in [0.5, 0.6) is 0 Å². The van der Waals surface area contributed by atoms with Crippen molar-refractivity contribution in [3.63, 3.8) is 0 Å². The van der Waals surface area contributed by atoms with E-state index >= 15 is 0 Å². The van der Waals surface area contributed by atoms with E-state index in [9.17, 15) is 9.59 Å². The molecule has 4 heteroatoms. The summed E-state index contributed by atoms with van der Waals surface area (Å²) in [5, 5.41) is 3.01. The third kappa shape index (κ3) is 2.71. The van der Waals surface area contributed by atoms with Gasteiger partial charge in [0.2, 0.25) is 11.8 Å². The lowest BCUT2D eigenvalue weighted by Crippen LogP contribution is -2.33. The van der Waals surface area contributed by atoms with Crippen LogP contribution in [0.1, 0.15) is 53.2 Å². The molecule has 1 aliphatic carbocycles. The molecular formula is C22H22N2O2. The molecule has 0 fully saturated rings. The molecule has 132 valence electrons. The molecule has 0 radical (unpaired) electrons. The lowest BCUT2D eigenvalue weighted by atomic mass is 9.77. The van der Waals surface area contributed by atoms with Crippen LogP contribution < -0.4 is 11.1 Å². The van der Waals surface area contributed by atoms with Crippen molar-refractivity contribution in [3.05, 3.63) is 70.8 Å². The molecule has 1 unspecified atom stereocenters. The molecule has 2 aliphatic rings. The van der Waals surface area contributed by atoms with Crippen molar-refractivity contribution in [3.8, 4) is 0 Å². The van der Waals surface area contributed by atoms with Gasteiger partial charge in [0.1, 0.15) is 0 Å². The van der Waals surface area contributed by atoms with Gasteiger partial charge in [-0.05, 0) is 79.1 Å². The summed E-state index contributed by atoms with van der Waals surface area (Å²) in [5.74, 6) is -0.460. The van der Waals surface area contributed by atoms with E-state index in [2.05, 4.69) is 23.5 Å². The topological polar surface area (TPSA) is 72.2 Å². The van der Waals surface area contributed by atoms with E-state index in [1.165, 1.54) is 17.6 Å². The summed E-state index contributed by atoms with van der Waals surface area (Å²) in [6.07, 6.45) is 6.23. The number of nitrogens with two attached hydrogens (primary N) is 1. The summed E-state index contributed by atoms with van der Waals surface area (Å²) in [4.78, 5) is 24.3. The van der Waals surface area contributed by atoms with Crippen molar-refractivity contribution < 1.29 is 9.59 Å². The van der Waals surface area contributed by atoms with E-state index in [-0.39, 0.29) is 5.91 Å². The third-order valence-corrected chi connectivity index (χ3v) is 5.54. The molecule has 0 saturated carbocycles. The highest BCUT2D eigenvalue weighted by atomic mass is 16.2. The second-order valence-electron chi connectivity index (χ2n) is 7.41. The maximum atomic E-state index is 12.8. The molecule has 1 atom stereocenters. The van der Waals surface area contributed by atoms with Gasteiger partial charge in [0.05, 0.1) is 5.41 Å². The Hall–Kier alpha value is -2.88. The molecule has 4 rings (SSSR count). The van der Waals surface area contributed by atoms with Gasteiger partial charge in [0.15, 0.2) is 0 Å². The van der Waals surface area contributed by atoms with Crippen LogP contribution in [0.25, 0.3) is 5.57 Å². The first-order valence-corrected chi connectivity index (χ1v) is 9.01. The van der Waals surface area contributed by atoms with Crippen molar-refractivity contribution in [2.45, 2.75) is 38.0 Å². The van der Waals surface area contributed by atoms with Gasteiger partial charge in [0.25, 0.3) is 0 Å². The molecule has 2 aromatic carbocycles. The Kier molecular flexibility index (Phi) is 3.91. The number of hydrogen-bond donors (Lipinski definition) is 2. The minimum Gasteiger partial charge on any atom is -0.366 e. The molecule has 3 N–H and O–H groups in total. The molecule has 0 aromatic heterocycles. The van der Waals surface area contributed by atoms with Gasteiger partial charge in [-0.25, -0.2) is 0 Å². The highest BCUT2D eigenvalue weighted by molar-refractivity contribution is 6.06. The van der Waals surface area contributed by atoms with Crippen LogP contribution in [0, 0.1) is 0 Å². The number of anilines is 1. The summed E-state index contributed by atoms with van der Waals surface area (Å²) in [7, 11) is 0. The van der Waals surface area contributed by atoms with Crippen LogP contribution in [0.15, 0.2) is 48.5 Å². The largest absolute Gasteiger partial charge is 0.366 e. The first-order valence-electron chi connectivity index (χ1n) is 9.01. The number of carbonyl (C=O) groups excluding carboxylic acids is 2. The third-order valence-electron chi connectivity index (χ3n) is 5.54. The standard InChI is InChI=1S/C22H22N2O2/c1-22(13-14-5-4-8-17(11-14)20(23)25)18-12-16(15-6-2-3-7-15)9-10-19(18)24-21(22)26/h4-6,8-12H,2-3,7,13H2,1H3,(H2,23,25)(H,24,26). The molecule has 2 aromatic rings.